The van der Waals surface area contributed by atoms with Crippen molar-refractivity contribution < 1.29 is 15.4 Å². The molecule has 1 fully saturated rings. The molecule has 4 nitrogen and oxygen atoms in total. The summed E-state index contributed by atoms with van der Waals surface area (Å²) in [4.78, 5) is 0. The molecule has 1 aromatic carbocycles. The first-order valence-corrected chi connectivity index (χ1v) is 5.42. The Kier molecular flexibility index (Phi) is 2.99. The standard InChI is InChI=1S/C12H15NO3/c14-10-4-5-11(12(15)7-10)8-2-1-3-9(6-8)13-16/h4-5,7-8,14-16H,1-3,6H2/b13-9+. The molecular formula is C12H15NO3. The Hall–Kier alpha value is -1.71. The highest BCUT2D eigenvalue weighted by Gasteiger charge is 2.22. The van der Waals surface area contributed by atoms with Crippen molar-refractivity contribution in [3.05, 3.63) is 23.8 Å². The van der Waals surface area contributed by atoms with Crippen LogP contribution in [-0.2, 0) is 0 Å². The topological polar surface area (TPSA) is 73.1 Å². The maximum Gasteiger partial charge on any atom is 0.122 e. The normalized spacial score (nSPS) is 23.5. The van der Waals surface area contributed by atoms with E-state index in [9.17, 15) is 10.2 Å². The molecule has 1 unspecified atom stereocenters. The number of benzene rings is 1. The summed E-state index contributed by atoms with van der Waals surface area (Å²) in [7, 11) is 0. The number of rotatable bonds is 1. The van der Waals surface area contributed by atoms with Crippen molar-refractivity contribution >= 4 is 5.71 Å². The van der Waals surface area contributed by atoms with Crippen LogP contribution >= 0.6 is 0 Å². The van der Waals surface area contributed by atoms with E-state index < -0.39 is 0 Å². The van der Waals surface area contributed by atoms with Crippen LogP contribution in [0.5, 0.6) is 11.5 Å². The maximum absolute atomic E-state index is 9.74. The van der Waals surface area contributed by atoms with Gasteiger partial charge < -0.3 is 15.4 Å². The Balaban J connectivity index is 2.23. The number of phenols is 2. The molecule has 86 valence electrons. The van der Waals surface area contributed by atoms with E-state index in [1.54, 1.807) is 12.1 Å². The van der Waals surface area contributed by atoms with Gasteiger partial charge in [0.15, 0.2) is 0 Å². The van der Waals surface area contributed by atoms with E-state index in [-0.39, 0.29) is 17.4 Å². The van der Waals surface area contributed by atoms with Crippen LogP contribution in [0.4, 0.5) is 0 Å². The van der Waals surface area contributed by atoms with Gasteiger partial charge in [0.25, 0.3) is 0 Å². The van der Waals surface area contributed by atoms with Crippen molar-refractivity contribution in [2.45, 2.75) is 31.6 Å². The molecule has 0 spiro atoms. The Morgan fingerprint density at radius 2 is 2.06 bits per heavy atom. The van der Waals surface area contributed by atoms with Crippen molar-refractivity contribution in [2.75, 3.05) is 0 Å². The van der Waals surface area contributed by atoms with Crippen LogP contribution in [0.2, 0.25) is 0 Å². The van der Waals surface area contributed by atoms with E-state index in [0.29, 0.717) is 6.42 Å². The maximum atomic E-state index is 9.74. The third-order valence-electron chi connectivity index (χ3n) is 3.10. The van der Waals surface area contributed by atoms with E-state index in [1.165, 1.54) is 6.07 Å². The van der Waals surface area contributed by atoms with Crippen molar-refractivity contribution in [1.82, 2.24) is 0 Å². The number of oxime groups is 1. The fourth-order valence-corrected chi connectivity index (χ4v) is 2.27. The number of nitrogens with zero attached hydrogens (tertiary/aromatic N) is 1. The lowest BCUT2D eigenvalue weighted by Gasteiger charge is -2.23. The van der Waals surface area contributed by atoms with E-state index >= 15 is 0 Å². The van der Waals surface area contributed by atoms with Crippen LogP contribution in [-0.4, -0.2) is 21.1 Å². The molecule has 1 aliphatic rings. The molecular weight excluding hydrogens is 206 g/mol. The van der Waals surface area contributed by atoms with Crippen LogP contribution in [0, 0.1) is 0 Å². The summed E-state index contributed by atoms with van der Waals surface area (Å²) < 4.78 is 0. The molecule has 1 aromatic rings. The molecule has 1 atom stereocenters. The zero-order valence-corrected chi connectivity index (χ0v) is 8.93. The van der Waals surface area contributed by atoms with Gasteiger partial charge in [0.2, 0.25) is 0 Å². The van der Waals surface area contributed by atoms with Gasteiger partial charge in [0, 0.05) is 6.07 Å². The first kappa shape index (κ1) is 10.8. The minimum atomic E-state index is 0.0631. The SMILES string of the molecule is O/N=C1\CCCC(c2ccc(O)cc2O)C1. The summed E-state index contributed by atoms with van der Waals surface area (Å²) >= 11 is 0. The summed E-state index contributed by atoms with van der Waals surface area (Å²) in [5.41, 5.74) is 1.60. The summed E-state index contributed by atoms with van der Waals surface area (Å²) in [5.74, 6) is 0.359. The second kappa shape index (κ2) is 4.43. The highest BCUT2D eigenvalue weighted by atomic mass is 16.4. The summed E-state index contributed by atoms with van der Waals surface area (Å²) in [5, 5.41) is 31.0. The van der Waals surface area contributed by atoms with E-state index in [2.05, 4.69) is 5.16 Å². The zero-order valence-electron chi connectivity index (χ0n) is 8.93. The minimum Gasteiger partial charge on any atom is -0.508 e. The Morgan fingerprint density at radius 1 is 1.25 bits per heavy atom. The van der Waals surface area contributed by atoms with Crippen LogP contribution in [0.3, 0.4) is 0 Å². The van der Waals surface area contributed by atoms with Crippen LogP contribution in [0.1, 0.15) is 37.2 Å². The third kappa shape index (κ3) is 2.10. The van der Waals surface area contributed by atoms with Crippen LogP contribution in [0.25, 0.3) is 0 Å². The third-order valence-corrected chi connectivity index (χ3v) is 3.10. The first-order valence-electron chi connectivity index (χ1n) is 5.42. The van der Waals surface area contributed by atoms with E-state index in [1.807, 2.05) is 0 Å². The summed E-state index contributed by atoms with van der Waals surface area (Å²) in [6, 6.07) is 4.65. The average Bonchev–Trinajstić information content (AvgIpc) is 2.29. The Labute approximate surface area is 93.8 Å². The lowest BCUT2D eigenvalue weighted by Crippen LogP contribution is -2.13. The Morgan fingerprint density at radius 3 is 2.75 bits per heavy atom. The molecule has 1 aliphatic carbocycles. The van der Waals surface area contributed by atoms with Crippen molar-refractivity contribution in [3.8, 4) is 11.5 Å². The fourth-order valence-electron chi connectivity index (χ4n) is 2.27. The van der Waals surface area contributed by atoms with Gasteiger partial charge in [-0.1, -0.05) is 11.2 Å². The zero-order chi connectivity index (χ0) is 11.5. The summed E-state index contributed by atoms with van der Waals surface area (Å²) in [6.07, 6.45) is 3.43. The first-order chi connectivity index (χ1) is 7.70. The lowest BCUT2D eigenvalue weighted by atomic mass is 9.82. The fraction of sp³-hybridized carbons (Fsp3) is 0.417. The lowest BCUT2D eigenvalue weighted by molar-refractivity contribution is 0.313. The molecule has 1 saturated carbocycles. The smallest absolute Gasteiger partial charge is 0.122 e. The second-order valence-corrected chi connectivity index (χ2v) is 4.20. The van der Waals surface area contributed by atoms with Crippen LogP contribution < -0.4 is 0 Å². The van der Waals surface area contributed by atoms with Crippen LogP contribution in [0.15, 0.2) is 23.4 Å². The molecule has 16 heavy (non-hydrogen) atoms. The monoisotopic (exact) mass is 221 g/mol. The van der Waals surface area contributed by atoms with Gasteiger partial charge in [0.1, 0.15) is 11.5 Å². The molecule has 0 radical (unpaired) electrons. The Bertz CT molecular complexity index is 415. The number of phenolic OH excluding ortho intramolecular Hbond substituents is 2. The quantitative estimate of drug-likeness (QED) is 0.504. The van der Waals surface area contributed by atoms with Gasteiger partial charge in [-0.2, -0.15) is 0 Å². The number of hydrogen-bond acceptors (Lipinski definition) is 4. The van der Waals surface area contributed by atoms with Crippen molar-refractivity contribution in [2.24, 2.45) is 5.16 Å². The van der Waals surface area contributed by atoms with Gasteiger partial charge in [-0.15, -0.1) is 0 Å². The number of aromatic hydroxyl groups is 2. The largest absolute Gasteiger partial charge is 0.508 e. The molecule has 0 bridgehead atoms. The van der Waals surface area contributed by atoms with E-state index in [0.717, 1.165) is 30.5 Å². The van der Waals surface area contributed by atoms with Gasteiger partial charge in [-0.25, -0.2) is 0 Å². The minimum absolute atomic E-state index is 0.0631. The molecule has 0 amide bonds. The van der Waals surface area contributed by atoms with Gasteiger partial charge in [-0.3, -0.25) is 0 Å². The molecule has 2 rings (SSSR count). The molecule has 0 aromatic heterocycles. The number of hydrogen-bond donors (Lipinski definition) is 3. The van der Waals surface area contributed by atoms with Gasteiger partial charge in [0.05, 0.1) is 5.71 Å². The van der Waals surface area contributed by atoms with Gasteiger partial charge >= 0.3 is 0 Å². The van der Waals surface area contributed by atoms with Crippen molar-refractivity contribution in [1.29, 1.82) is 0 Å². The second-order valence-electron chi connectivity index (χ2n) is 4.20. The summed E-state index contributed by atoms with van der Waals surface area (Å²) in [6.45, 7) is 0. The van der Waals surface area contributed by atoms with Crippen molar-refractivity contribution in [3.63, 3.8) is 0 Å². The molecule has 0 saturated heterocycles. The molecule has 3 N–H and O–H groups in total. The van der Waals surface area contributed by atoms with E-state index in [4.69, 9.17) is 5.21 Å². The highest BCUT2D eigenvalue weighted by Crippen LogP contribution is 2.37. The predicted molar refractivity (Wildman–Crippen MR) is 60.2 cm³/mol. The average molecular weight is 221 g/mol. The predicted octanol–water partition coefficient (Wildman–Crippen LogP) is 2.59. The van der Waals surface area contributed by atoms with Gasteiger partial charge in [-0.05, 0) is 43.2 Å². The molecule has 4 heteroatoms. The highest BCUT2D eigenvalue weighted by molar-refractivity contribution is 5.85. The molecule has 0 aliphatic heterocycles. The molecule has 0 heterocycles.